The molecular weight excluding hydrogens is 284 g/mol. The number of fused-ring (bicyclic) bond motifs is 1. The first-order chi connectivity index (χ1) is 10.7. The molecule has 0 aliphatic carbocycles. The zero-order chi connectivity index (χ0) is 15.5. The van der Waals surface area contributed by atoms with Crippen molar-refractivity contribution in [1.82, 2.24) is 14.9 Å². The Bertz CT molecular complexity index is 645. The van der Waals surface area contributed by atoms with Crippen molar-refractivity contribution in [2.75, 3.05) is 13.1 Å². The van der Waals surface area contributed by atoms with E-state index in [4.69, 9.17) is 0 Å². The fourth-order valence-electron chi connectivity index (χ4n) is 3.24. The van der Waals surface area contributed by atoms with E-state index in [1.807, 2.05) is 0 Å². The molecule has 0 bridgehead atoms. The fraction of sp³-hybridized carbons (Fsp3) is 0.588. The molecule has 0 amide bonds. The van der Waals surface area contributed by atoms with E-state index in [9.17, 15) is 8.78 Å². The smallest absolute Gasteiger partial charge is 0.161 e. The topological polar surface area (TPSA) is 29.9 Å². The highest BCUT2D eigenvalue weighted by Crippen LogP contribution is 2.24. The molecule has 1 unspecified atom stereocenters. The molecule has 22 heavy (non-hydrogen) atoms. The standard InChI is InChI=1S/C17H23F2N3/c1-2-3-6-17-21-15-8-13(18)14(19)9-16(15)22(17)11-12-5-4-7-20-10-12/h8-9,12,20H,2-7,10-11H2,1H3. The number of aromatic nitrogens is 2. The lowest BCUT2D eigenvalue weighted by molar-refractivity contribution is 0.336. The van der Waals surface area contributed by atoms with E-state index in [1.54, 1.807) is 0 Å². The van der Waals surface area contributed by atoms with Crippen LogP contribution in [0, 0.1) is 17.6 Å². The van der Waals surface area contributed by atoms with Crippen LogP contribution in [0.4, 0.5) is 8.78 Å². The average Bonchev–Trinajstić information content (AvgIpc) is 2.84. The van der Waals surface area contributed by atoms with Crippen LogP contribution in [0.2, 0.25) is 0 Å². The number of hydrogen-bond acceptors (Lipinski definition) is 2. The molecule has 1 aromatic carbocycles. The maximum Gasteiger partial charge on any atom is 0.161 e. The highest BCUT2D eigenvalue weighted by atomic mass is 19.2. The van der Waals surface area contributed by atoms with Crippen LogP contribution in [-0.2, 0) is 13.0 Å². The first kappa shape index (κ1) is 15.4. The Labute approximate surface area is 129 Å². The van der Waals surface area contributed by atoms with Gasteiger partial charge < -0.3 is 9.88 Å². The van der Waals surface area contributed by atoms with Gasteiger partial charge in [-0.15, -0.1) is 0 Å². The summed E-state index contributed by atoms with van der Waals surface area (Å²) < 4.78 is 29.2. The molecule has 3 rings (SSSR count). The number of aryl methyl sites for hydroxylation is 1. The summed E-state index contributed by atoms with van der Waals surface area (Å²) in [5, 5.41) is 3.41. The molecule has 1 fully saturated rings. The number of nitrogens with zero attached hydrogens (tertiary/aromatic N) is 2. The molecule has 1 saturated heterocycles. The summed E-state index contributed by atoms with van der Waals surface area (Å²) in [6.07, 6.45) is 5.32. The third-order valence-corrected chi connectivity index (χ3v) is 4.46. The van der Waals surface area contributed by atoms with Crippen LogP contribution in [-0.4, -0.2) is 22.6 Å². The van der Waals surface area contributed by atoms with E-state index < -0.39 is 11.6 Å². The maximum atomic E-state index is 13.6. The Kier molecular flexibility index (Phi) is 4.71. The van der Waals surface area contributed by atoms with Crippen molar-refractivity contribution in [3.63, 3.8) is 0 Å². The van der Waals surface area contributed by atoms with E-state index in [0.29, 0.717) is 11.4 Å². The number of halogens is 2. The predicted molar refractivity (Wildman–Crippen MR) is 83.9 cm³/mol. The molecule has 2 heterocycles. The molecule has 0 spiro atoms. The van der Waals surface area contributed by atoms with Gasteiger partial charge in [-0.1, -0.05) is 13.3 Å². The van der Waals surface area contributed by atoms with Crippen molar-refractivity contribution in [1.29, 1.82) is 0 Å². The number of imidazole rings is 1. The van der Waals surface area contributed by atoms with E-state index in [-0.39, 0.29) is 0 Å². The van der Waals surface area contributed by atoms with Crippen LogP contribution in [0.3, 0.4) is 0 Å². The lowest BCUT2D eigenvalue weighted by Gasteiger charge is -2.24. The van der Waals surface area contributed by atoms with E-state index in [1.165, 1.54) is 25.0 Å². The lowest BCUT2D eigenvalue weighted by atomic mass is 9.99. The van der Waals surface area contributed by atoms with Crippen LogP contribution < -0.4 is 5.32 Å². The number of unbranched alkanes of at least 4 members (excludes halogenated alkanes) is 1. The molecule has 1 aromatic heterocycles. The number of piperidine rings is 1. The van der Waals surface area contributed by atoms with Gasteiger partial charge in [0.1, 0.15) is 5.82 Å². The molecule has 1 aliphatic rings. The van der Waals surface area contributed by atoms with Crippen molar-refractivity contribution in [3.05, 3.63) is 29.6 Å². The summed E-state index contributed by atoms with van der Waals surface area (Å²) in [7, 11) is 0. The third-order valence-electron chi connectivity index (χ3n) is 4.46. The Morgan fingerprint density at radius 2 is 2.14 bits per heavy atom. The van der Waals surface area contributed by atoms with Gasteiger partial charge in [0.15, 0.2) is 11.6 Å². The third kappa shape index (κ3) is 3.14. The SMILES string of the molecule is CCCCc1nc2cc(F)c(F)cc2n1CC1CCCNC1. The molecule has 1 N–H and O–H groups in total. The minimum absolute atomic E-state index is 0.527. The number of hydrogen-bond donors (Lipinski definition) is 1. The monoisotopic (exact) mass is 307 g/mol. The second-order valence-electron chi connectivity index (χ2n) is 6.21. The van der Waals surface area contributed by atoms with Crippen molar-refractivity contribution in [3.8, 4) is 0 Å². The summed E-state index contributed by atoms with van der Waals surface area (Å²) in [5.41, 5.74) is 1.28. The molecule has 3 nitrogen and oxygen atoms in total. The summed E-state index contributed by atoms with van der Waals surface area (Å²) >= 11 is 0. The summed E-state index contributed by atoms with van der Waals surface area (Å²) in [4.78, 5) is 4.55. The molecule has 0 radical (unpaired) electrons. The van der Waals surface area contributed by atoms with Crippen LogP contribution >= 0.6 is 0 Å². The zero-order valence-electron chi connectivity index (χ0n) is 13.0. The first-order valence-electron chi connectivity index (χ1n) is 8.24. The van der Waals surface area contributed by atoms with Crippen molar-refractivity contribution < 1.29 is 8.78 Å². The van der Waals surface area contributed by atoms with Crippen molar-refractivity contribution in [2.24, 2.45) is 5.92 Å². The molecule has 2 aromatic rings. The van der Waals surface area contributed by atoms with Crippen LogP contribution in [0.5, 0.6) is 0 Å². The van der Waals surface area contributed by atoms with Crippen molar-refractivity contribution in [2.45, 2.75) is 45.6 Å². The summed E-state index contributed by atoms with van der Waals surface area (Å²) in [6.45, 7) is 5.02. The second kappa shape index (κ2) is 6.73. The Morgan fingerprint density at radius 3 is 2.86 bits per heavy atom. The van der Waals surface area contributed by atoms with Crippen molar-refractivity contribution >= 4 is 11.0 Å². The van der Waals surface area contributed by atoms with Gasteiger partial charge in [0.05, 0.1) is 11.0 Å². The van der Waals surface area contributed by atoms with Gasteiger partial charge >= 0.3 is 0 Å². The van der Waals surface area contributed by atoms with E-state index in [0.717, 1.165) is 50.2 Å². The molecular formula is C17H23F2N3. The zero-order valence-corrected chi connectivity index (χ0v) is 13.0. The van der Waals surface area contributed by atoms with Gasteiger partial charge in [-0.2, -0.15) is 0 Å². The predicted octanol–water partition coefficient (Wildman–Crippen LogP) is 3.66. The lowest BCUT2D eigenvalue weighted by Crippen LogP contribution is -2.32. The van der Waals surface area contributed by atoms with E-state index in [2.05, 4.69) is 21.8 Å². The molecule has 120 valence electrons. The van der Waals surface area contributed by atoms with Crippen LogP contribution in [0.1, 0.15) is 38.4 Å². The maximum absolute atomic E-state index is 13.6. The normalized spacial score (nSPS) is 19.0. The number of nitrogens with one attached hydrogen (secondary N) is 1. The minimum atomic E-state index is -0.821. The Hall–Kier alpha value is -1.49. The summed E-state index contributed by atoms with van der Waals surface area (Å²) in [6, 6.07) is 2.51. The second-order valence-corrected chi connectivity index (χ2v) is 6.21. The van der Waals surface area contributed by atoms with Gasteiger partial charge in [-0.25, -0.2) is 13.8 Å². The first-order valence-corrected chi connectivity index (χ1v) is 8.24. The quantitative estimate of drug-likeness (QED) is 0.913. The van der Waals surface area contributed by atoms with Gasteiger partial charge in [0.2, 0.25) is 0 Å². The summed E-state index contributed by atoms with van der Waals surface area (Å²) in [5.74, 6) is -0.136. The molecule has 1 aliphatic heterocycles. The Morgan fingerprint density at radius 1 is 1.32 bits per heavy atom. The molecule has 5 heteroatoms. The minimum Gasteiger partial charge on any atom is -0.328 e. The highest BCUT2D eigenvalue weighted by Gasteiger charge is 2.19. The highest BCUT2D eigenvalue weighted by molar-refractivity contribution is 5.76. The van der Waals surface area contributed by atoms with Gasteiger partial charge in [-0.05, 0) is 38.3 Å². The fourth-order valence-corrected chi connectivity index (χ4v) is 3.24. The number of rotatable bonds is 5. The molecule has 0 saturated carbocycles. The van der Waals surface area contributed by atoms with Crippen LogP contribution in [0.25, 0.3) is 11.0 Å². The largest absolute Gasteiger partial charge is 0.328 e. The Balaban J connectivity index is 1.97. The van der Waals surface area contributed by atoms with Gasteiger partial charge in [0.25, 0.3) is 0 Å². The van der Waals surface area contributed by atoms with Crippen LogP contribution in [0.15, 0.2) is 12.1 Å². The number of benzene rings is 1. The van der Waals surface area contributed by atoms with Gasteiger partial charge in [0, 0.05) is 25.1 Å². The average molecular weight is 307 g/mol. The van der Waals surface area contributed by atoms with Gasteiger partial charge in [-0.3, -0.25) is 0 Å². The van der Waals surface area contributed by atoms with E-state index >= 15 is 0 Å². The molecule has 1 atom stereocenters.